The molecule has 2 atom stereocenters. The van der Waals surface area contributed by atoms with E-state index in [1.165, 1.54) is 5.56 Å². The molecule has 0 aromatic heterocycles. The Morgan fingerprint density at radius 3 is 2.14 bits per heavy atom. The van der Waals surface area contributed by atoms with Crippen LogP contribution in [0.5, 0.6) is 0 Å². The number of hydrogen-bond acceptors (Lipinski definition) is 2. The molecular weight excluding hydrogens is 386 g/mol. The van der Waals surface area contributed by atoms with Gasteiger partial charge in [-0.2, -0.15) is 0 Å². The Kier molecular flexibility index (Phi) is 7.18. The fraction of sp³-hybridized carbons (Fsp3) is 0.208. The Balaban J connectivity index is 1.81. The fourth-order valence-corrected chi connectivity index (χ4v) is 4.09. The first kappa shape index (κ1) is 20.5. The summed E-state index contributed by atoms with van der Waals surface area (Å²) in [5.41, 5.74) is 3.36. The van der Waals surface area contributed by atoms with E-state index in [1.807, 2.05) is 49.4 Å². The van der Waals surface area contributed by atoms with E-state index in [1.54, 1.807) is 11.8 Å². The summed E-state index contributed by atoms with van der Waals surface area (Å²) in [6.45, 7) is 4.10. The zero-order valence-corrected chi connectivity index (χ0v) is 17.6. The molecule has 3 aromatic carbocycles. The number of rotatable bonds is 7. The molecule has 28 heavy (non-hydrogen) atoms. The van der Waals surface area contributed by atoms with Crippen molar-refractivity contribution in [2.24, 2.45) is 0 Å². The van der Waals surface area contributed by atoms with Crippen molar-refractivity contribution in [3.05, 3.63) is 101 Å². The summed E-state index contributed by atoms with van der Waals surface area (Å²) in [6.07, 6.45) is 0.745. The average Bonchev–Trinajstić information content (AvgIpc) is 2.73. The topological polar surface area (TPSA) is 29.1 Å². The highest BCUT2D eigenvalue weighted by atomic mass is 35.5. The highest BCUT2D eigenvalue weighted by Crippen LogP contribution is 2.29. The fourth-order valence-electron chi connectivity index (χ4n) is 3.00. The number of carbonyl (C=O) groups excluding carboxylic acids is 1. The first-order valence-corrected chi connectivity index (χ1v) is 10.7. The predicted octanol–water partition coefficient (Wildman–Crippen LogP) is 6.42. The minimum atomic E-state index is -0.172. The maximum absolute atomic E-state index is 13.1. The molecule has 0 fully saturated rings. The van der Waals surface area contributed by atoms with E-state index in [0.29, 0.717) is 5.02 Å². The molecule has 0 unspecified atom stereocenters. The molecule has 0 spiro atoms. The lowest BCUT2D eigenvalue weighted by molar-refractivity contribution is -0.121. The molecule has 1 amide bonds. The lowest BCUT2D eigenvalue weighted by Crippen LogP contribution is -2.36. The molecule has 0 saturated carbocycles. The van der Waals surface area contributed by atoms with E-state index in [0.717, 1.165) is 22.4 Å². The number of halogens is 1. The van der Waals surface area contributed by atoms with Gasteiger partial charge in [0, 0.05) is 9.92 Å². The molecule has 3 aromatic rings. The van der Waals surface area contributed by atoms with Crippen LogP contribution >= 0.6 is 23.4 Å². The number of thioether (sulfide) groups is 1. The molecule has 0 bridgehead atoms. The number of amides is 1. The van der Waals surface area contributed by atoms with Gasteiger partial charge in [-0.25, -0.2) is 0 Å². The van der Waals surface area contributed by atoms with Crippen molar-refractivity contribution >= 4 is 29.3 Å². The van der Waals surface area contributed by atoms with Crippen LogP contribution in [-0.4, -0.2) is 11.2 Å². The van der Waals surface area contributed by atoms with Gasteiger partial charge in [0.25, 0.3) is 0 Å². The van der Waals surface area contributed by atoms with Gasteiger partial charge in [-0.15, -0.1) is 11.8 Å². The van der Waals surface area contributed by atoms with Gasteiger partial charge in [0.05, 0.1) is 11.3 Å². The monoisotopic (exact) mass is 409 g/mol. The van der Waals surface area contributed by atoms with Crippen molar-refractivity contribution in [3.63, 3.8) is 0 Å². The van der Waals surface area contributed by atoms with E-state index < -0.39 is 0 Å². The van der Waals surface area contributed by atoms with E-state index >= 15 is 0 Å². The lowest BCUT2D eigenvalue weighted by atomic mass is 9.97. The highest BCUT2D eigenvalue weighted by Gasteiger charge is 2.23. The van der Waals surface area contributed by atoms with E-state index in [9.17, 15) is 4.79 Å². The van der Waals surface area contributed by atoms with Crippen molar-refractivity contribution in [2.45, 2.75) is 36.5 Å². The molecule has 0 aliphatic rings. The molecule has 0 radical (unpaired) electrons. The van der Waals surface area contributed by atoms with Crippen molar-refractivity contribution in [3.8, 4) is 0 Å². The number of nitrogens with one attached hydrogen (secondary N) is 1. The number of hydrogen-bond donors (Lipinski definition) is 1. The smallest absolute Gasteiger partial charge is 0.234 e. The summed E-state index contributed by atoms with van der Waals surface area (Å²) in [4.78, 5) is 14.2. The highest BCUT2D eigenvalue weighted by molar-refractivity contribution is 8.00. The largest absolute Gasteiger partial charge is 0.344 e. The third kappa shape index (κ3) is 5.40. The van der Waals surface area contributed by atoms with E-state index in [4.69, 9.17) is 11.6 Å². The van der Waals surface area contributed by atoms with Gasteiger partial charge in [0.15, 0.2) is 0 Å². The second-order valence-electron chi connectivity index (χ2n) is 6.73. The number of carbonyl (C=O) groups is 1. The molecule has 144 valence electrons. The summed E-state index contributed by atoms with van der Waals surface area (Å²) in [5, 5.41) is 3.80. The van der Waals surface area contributed by atoms with Crippen LogP contribution < -0.4 is 5.32 Å². The Morgan fingerprint density at radius 1 is 0.929 bits per heavy atom. The van der Waals surface area contributed by atoms with Crippen LogP contribution in [0.4, 0.5) is 0 Å². The zero-order chi connectivity index (χ0) is 19.9. The van der Waals surface area contributed by atoms with Crippen LogP contribution in [0, 0.1) is 6.92 Å². The molecule has 0 saturated heterocycles. The molecule has 0 heterocycles. The molecule has 3 rings (SSSR count). The summed E-state index contributed by atoms with van der Waals surface area (Å²) in [5.74, 6) is 0.0388. The van der Waals surface area contributed by atoms with Gasteiger partial charge in [0.1, 0.15) is 0 Å². The third-order valence-electron chi connectivity index (χ3n) is 4.59. The minimum Gasteiger partial charge on any atom is -0.344 e. The molecule has 2 nitrogen and oxygen atoms in total. The van der Waals surface area contributed by atoms with E-state index in [2.05, 4.69) is 48.6 Å². The molecule has 4 heteroatoms. The summed E-state index contributed by atoms with van der Waals surface area (Å²) in [7, 11) is 0. The standard InChI is InChI=1S/C24H24ClNOS/c1-3-22(28-21-15-13-20(25)14-16-21)24(27)26-23(18-7-5-4-6-8-18)19-11-9-17(2)10-12-19/h4-16,22-23H,3H2,1-2H3,(H,26,27)/t22-,23+/m1/s1. The van der Waals surface area contributed by atoms with Gasteiger partial charge in [-0.3, -0.25) is 4.79 Å². The number of benzene rings is 3. The Labute approximate surface area is 176 Å². The summed E-state index contributed by atoms with van der Waals surface area (Å²) < 4.78 is 0. The Morgan fingerprint density at radius 2 is 1.54 bits per heavy atom. The van der Waals surface area contributed by atoms with E-state index in [-0.39, 0.29) is 17.2 Å². The van der Waals surface area contributed by atoms with Gasteiger partial charge in [-0.1, -0.05) is 78.7 Å². The predicted molar refractivity (Wildman–Crippen MR) is 119 cm³/mol. The molecule has 1 N–H and O–H groups in total. The first-order valence-electron chi connectivity index (χ1n) is 9.41. The van der Waals surface area contributed by atoms with Crippen LogP contribution in [0.25, 0.3) is 0 Å². The van der Waals surface area contributed by atoms with Crippen LogP contribution in [-0.2, 0) is 4.79 Å². The lowest BCUT2D eigenvalue weighted by Gasteiger charge is -2.23. The second-order valence-corrected chi connectivity index (χ2v) is 8.44. The van der Waals surface area contributed by atoms with Gasteiger partial charge in [0.2, 0.25) is 5.91 Å². The average molecular weight is 410 g/mol. The van der Waals surface area contributed by atoms with Crippen molar-refractivity contribution < 1.29 is 4.79 Å². The van der Waals surface area contributed by atoms with Crippen LogP contribution in [0.15, 0.2) is 83.8 Å². The van der Waals surface area contributed by atoms with Crippen LogP contribution in [0.1, 0.15) is 36.1 Å². The maximum Gasteiger partial charge on any atom is 0.234 e. The minimum absolute atomic E-state index is 0.0388. The van der Waals surface area contributed by atoms with Gasteiger partial charge < -0.3 is 5.32 Å². The molecule has 0 aliphatic heterocycles. The molecule has 0 aliphatic carbocycles. The zero-order valence-electron chi connectivity index (χ0n) is 16.1. The number of aryl methyl sites for hydroxylation is 1. The normalized spacial score (nSPS) is 13.0. The summed E-state index contributed by atoms with van der Waals surface area (Å²) >= 11 is 7.54. The van der Waals surface area contributed by atoms with Crippen LogP contribution in [0.3, 0.4) is 0 Å². The van der Waals surface area contributed by atoms with Crippen molar-refractivity contribution in [2.75, 3.05) is 0 Å². The SMILES string of the molecule is CC[C@@H](Sc1ccc(Cl)cc1)C(=O)N[C@@H](c1ccccc1)c1ccc(C)cc1. The van der Waals surface area contributed by atoms with Gasteiger partial charge in [-0.05, 0) is 48.7 Å². The third-order valence-corrected chi connectivity index (χ3v) is 6.21. The quantitative estimate of drug-likeness (QED) is 0.456. The van der Waals surface area contributed by atoms with Crippen LogP contribution in [0.2, 0.25) is 5.02 Å². The van der Waals surface area contributed by atoms with Crippen molar-refractivity contribution in [1.82, 2.24) is 5.32 Å². The molecular formula is C24H24ClNOS. The maximum atomic E-state index is 13.1. The van der Waals surface area contributed by atoms with Crippen molar-refractivity contribution in [1.29, 1.82) is 0 Å². The Bertz CT molecular complexity index is 894. The Hall–Kier alpha value is -2.23. The van der Waals surface area contributed by atoms with Gasteiger partial charge >= 0.3 is 0 Å². The summed E-state index contributed by atoms with van der Waals surface area (Å²) in [6, 6.07) is 25.9. The second kappa shape index (κ2) is 9.81. The first-order chi connectivity index (χ1) is 13.6.